The second-order valence-electron chi connectivity index (χ2n) is 6.17. The fourth-order valence-corrected chi connectivity index (χ4v) is 1.82. The monoisotopic (exact) mass is 242 g/mol. The number of hydrogen-bond acceptors (Lipinski definition) is 4. The number of rotatable bonds is 3. The molecule has 1 unspecified atom stereocenters. The van der Waals surface area contributed by atoms with Gasteiger partial charge in [0, 0.05) is 19.1 Å². The van der Waals surface area contributed by atoms with Crippen LogP contribution in [0.4, 0.5) is 0 Å². The Labute approximate surface area is 104 Å². The second-order valence-corrected chi connectivity index (χ2v) is 6.17. The van der Waals surface area contributed by atoms with Gasteiger partial charge in [0.1, 0.15) is 6.10 Å². The highest BCUT2D eigenvalue weighted by atomic mass is 16.5. The number of ether oxygens (including phenoxy) is 1. The molecule has 1 rings (SSSR count). The van der Waals surface area contributed by atoms with Crippen molar-refractivity contribution in [2.75, 3.05) is 20.1 Å². The minimum Gasteiger partial charge on any atom is -0.462 e. The molecule has 0 aromatic carbocycles. The summed E-state index contributed by atoms with van der Waals surface area (Å²) in [7, 11) is 2.09. The van der Waals surface area contributed by atoms with Gasteiger partial charge in [-0.05, 0) is 25.3 Å². The Morgan fingerprint density at radius 1 is 1.41 bits per heavy atom. The molecule has 0 aromatic rings. The van der Waals surface area contributed by atoms with Gasteiger partial charge in [-0.1, -0.05) is 20.8 Å². The van der Waals surface area contributed by atoms with Crippen LogP contribution in [0, 0.1) is 5.41 Å². The molecule has 100 valence electrons. The van der Waals surface area contributed by atoms with Crippen molar-refractivity contribution in [2.24, 2.45) is 11.1 Å². The van der Waals surface area contributed by atoms with Crippen LogP contribution >= 0.6 is 0 Å². The van der Waals surface area contributed by atoms with E-state index in [0.29, 0.717) is 6.42 Å². The zero-order chi connectivity index (χ0) is 13.1. The molecule has 1 aliphatic rings. The first kappa shape index (κ1) is 14.5. The van der Waals surface area contributed by atoms with Gasteiger partial charge in [-0.15, -0.1) is 0 Å². The first-order valence-corrected chi connectivity index (χ1v) is 6.42. The number of esters is 1. The van der Waals surface area contributed by atoms with Gasteiger partial charge >= 0.3 is 5.97 Å². The summed E-state index contributed by atoms with van der Waals surface area (Å²) in [4.78, 5) is 14.0. The molecule has 1 atom stereocenters. The van der Waals surface area contributed by atoms with E-state index in [1.54, 1.807) is 0 Å². The molecule has 2 N–H and O–H groups in total. The maximum absolute atomic E-state index is 11.7. The van der Waals surface area contributed by atoms with Gasteiger partial charge in [-0.2, -0.15) is 0 Å². The first-order valence-electron chi connectivity index (χ1n) is 6.42. The zero-order valence-electron chi connectivity index (χ0n) is 11.5. The van der Waals surface area contributed by atoms with Gasteiger partial charge in [0.25, 0.3) is 0 Å². The number of likely N-dealkylation sites (tertiary alicyclic amines) is 1. The average Bonchev–Trinajstić information content (AvgIpc) is 2.20. The van der Waals surface area contributed by atoms with Crippen LogP contribution in [-0.4, -0.2) is 43.2 Å². The van der Waals surface area contributed by atoms with E-state index in [0.717, 1.165) is 25.9 Å². The lowest BCUT2D eigenvalue weighted by molar-refractivity contribution is -0.152. The van der Waals surface area contributed by atoms with Crippen molar-refractivity contribution in [3.63, 3.8) is 0 Å². The molecule has 1 fully saturated rings. The van der Waals surface area contributed by atoms with Crippen LogP contribution in [0.5, 0.6) is 0 Å². The van der Waals surface area contributed by atoms with Gasteiger partial charge in [0.2, 0.25) is 0 Å². The standard InChI is InChI=1S/C13H26N2O2/c1-13(2,3)11(14)9-12(16)17-10-5-7-15(4)8-6-10/h10-11H,5-9,14H2,1-4H3. The van der Waals surface area contributed by atoms with Crippen LogP contribution in [0.25, 0.3) is 0 Å². The third-order valence-corrected chi connectivity index (χ3v) is 3.46. The largest absolute Gasteiger partial charge is 0.462 e. The first-order chi connectivity index (χ1) is 7.79. The summed E-state index contributed by atoms with van der Waals surface area (Å²) in [6, 6.07) is -0.138. The highest BCUT2D eigenvalue weighted by molar-refractivity contribution is 5.70. The number of carbonyl (C=O) groups is 1. The van der Waals surface area contributed by atoms with Crippen LogP contribution < -0.4 is 5.73 Å². The summed E-state index contributed by atoms with van der Waals surface area (Å²) >= 11 is 0. The van der Waals surface area contributed by atoms with Crippen molar-refractivity contribution in [3.8, 4) is 0 Å². The lowest BCUT2D eigenvalue weighted by Crippen LogP contribution is -2.39. The molecule has 0 spiro atoms. The molecule has 0 saturated carbocycles. The number of hydrogen-bond donors (Lipinski definition) is 1. The van der Waals surface area contributed by atoms with E-state index < -0.39 is 0 Å². The lowest BCUT2D eigenvalue weighted by Gasteiger charge is -2.30. The van der Waals surface area contributed by atoms with Crippen molar-refractivity contribution in [3.05, 3.63) is 0 Å². The van der Waals surface area contributed by atoms with Gasteiger partial charge in [-0.3, -0.25) is 4.79 Å². The molecule has 1 heterocycles. The quantitative estimate of drug-likeness (QED) is 0.760. The maximum Gasteiger partial charge on any atom is 0.307 e. The Balaban J connectivity index is 2.30. The molecule has 1 saturated heterocycles. The molecule has 1 aliphatic heterocycles. The lowest BCUT2D eigenvalue weighted by atomic mass is 9.85. The highest BCUT2D eigenvalue weighted by Crippen LogP contribution is 2.21. The van der Waals surface area contributed by atoms with E-state index >= 15 is 0 Å². The van der Waals surface area contributed by atoms with Crippen LogP contribution in [0.3, 0.4) is 0 Å². The molecule has 0 bridgehead atoms. The molecule has 0 radical (unpaired) electrons. The van der Waals surface area contributed by atoms with E-state index in [2.05, 4.69) is 11.9 Å². The summed E-state index contributed by atoms with van der Waals surface area (Å²) in [6.07, 6.45) is 2.28. The number of piperidine rings is 1. The van der Waals surface area contributed by atoms with Crippen molar-refractivity contribution in [2.45, 2.75) is 52.2 Å². The molecule has 0 amide bonds. The third-order valence-electron chi connectivity index (χ3n) is 3.46. The summed E-state index contributed by atoms with van der Waals surface area (Å²) < 4.78 is 5.46. The molecule has 0 aromatic heterocycles. The van der Waals surface area contributed by atoms with E-state index in [-0.39, 0.29) is 23.5 Å². The molecular weight excluding hydrogens is 216 g/mol. The van der Waals surface area contributed by atoms with Gasteiger partial charge in [0.15, 0.2) is 0 Å². The van der Waals surface area contributed by atoms with Gasteiger partial charge in [-0.25, -0.2) is 0 Å². The van der Waals surface area contributed by atoms with Crippen molar-refractivity contribution in [1.82, 2.24) is 4.90 Å². The Hall–Kier alpha value is -0.610. The molecule has 17 heavy (non-hydrogen) atoms. The van der Waals surface area contributed by atoms with Gasteiger partial charge < -0.3 is 15.4 Å². The smallest absolute Gasteiger partial charge is 0.307 e. The highest BCUT2D eigenvalue weighted by Gasteiger charge is 2.26. The van der Waals surface area contributed by atoms with E-state index in [1.165, 1.54) is 0 Å². The fraction of sp³-hybridized carbons (Fsp3) is 0.923. The molecule has 4 heteroatoms. The van der Waals surface area contributed by atoms with E-state index in [9.17, 15) is 4.79 Å². The molecular formula is C13H26N2O2. The van der Waals surface area contributed by atoms with Crippen LogP contribution in [0.2, 0.25) is 0 Å². The minimum absolute atomic E-state index is 0.0498. The fourth-order valence-electron chi connectivity index (χ4n) is 1.82. The van der Waals surface area contributed by atoms with Crippen molar-refractivity contribution in [1.29, 1.82) is 0 Å². The predicted octanol–water partition coefficient (Wildman–Crippen LogP) is 1.39. The summed E-state index contributed by atoms with van der Waals surface area (Å²) in [6.45, 7) is 8.13. The number of nitrogens with two attached hydrogens (primary N) is 1. The van der Waals surface area contributed by atoms with Gasteiger partial charge in [0.05, 0.1) is 6.42 Å². The Morgan fingerprint density at radius 3 is 2.41 bits per heavy atom. The second kappa shape index (κ2) is 5.83. The summed E-state index contributed by atoms with van der Waals surface area (Å²) in [5.74, 6) is -0.151. The zero-order valence-corrected chi connectivity index (χ0v) is 11.5. The molecule has 4 nitrogen and oxygen atoms in total. The van der Waals surface area contributed by atoms with E-state index in [4.69, 9.17) is 10.5 Å². The van der Waals surface area contributed by atoms with Crippen LogP contribution in [0.15, 0.2) is 0 Å². The van der Waals surface area contributed by atoms with Crippen molar-refractivity contribution < 1.29 is 9.53 Å². The number of nitrogens with zero attached hydrogens (tertiary/aromatic N) is 1. The molecule has 0 aliphatic carbocycles. The Kier molecular flexibility index (Phi) is 4.95. The predicted molar refractivity (Wildman–Crippen MR) is 68.7 cm³/mol. The third kappa shape index (κ3) is 5.04. The van der Waals surface area contributed by atoms with Crippen LogP contribution in [-0.2, 0) is 9.53 Å². The van der Waals surface area contributed by atoms with E-state index in [1.807, 2.05) is 20.8 Å². The average molecular weight is 242 g/mol. The Morgan fingerprint density at radius 2 is 1.94 bits per heavy atom. The van der Waals surface area contributed by atoms with Crippen LogP contribution in [0.1, 0.15) is 40.0 Å². The topological polar surface area (TPSA) is 55.6 Å². The minimum atomic E-state index is -0.151. The SMILES string of the molecule is CN1CCC(OC(=O)CC(N)C(C)(C)C)CC1. The summed E-state index contributed by atoms with van der Waals surface area (Å²) in [5.41, 5.74) is 5.92. The Bertz CT molecular complexity index is 253. The van der Waals surface area contributed by atoms with Crippen molar-refractivity contribution >= 4 is 5.97 Å². The summed E-state index contributed by atoms with van der Waals surface area (Å²) in [5, 5.41) is 0. The number of carbonyl (C=O) groups excluding carboxylic acids is 1. The maximum atomic E-state index is 11.7. The normalized spacial score (nSPS) is 21.2.